The fourth-order valence-corrected chi connectivity index (χ4v) is 5.16. The van der Waals surface area contributed by atoms with E-state index in [1.165, 1.54) is 31.1 Å². The number of fused-ring (bicyclic) bond motifs is 7. The van der Waals surface area contributed by atoms with Gasteiger partial charge in [0.25, 0.3) is 0 Å². The van der Waals surface area contributed by atoms with E-state index >= 15 is 0 Å². The maximum absolute atomic E-state index is 14.5. The topological polar surface area (TPSA) is 127 Å². The van der Waals surface area contributed by atoms with Crippen molar-refractivity contribution in [2.75, 3.05) is 26.3 Å². The second kappa shape index (κ2) is 10.9. The van der Waals surface area contributed by atoms with Gasteiger partial charge >= 0.3 is 7.82 Å². The first-order valence-corrected chi connectivity index (χ1v) is 13.7. The second-order valence-electron chi connectivity index (χ2n) is 8.82. The van der Waals surface area contributed by atoms with E-state index in [4.69, 9.17) is 18.3 Å². The second-order valence-corrected chi connectivity index (χ2v) is 10.7. The van der Waals surface area contributed by atoms with Crippen LogP contribution in [-0.2, 0) is 38.1 Å². The smallest absolute Gasteiger partial charge is 0.475 e. The molecule has 4 aromatic rings. The van der Waals surface area contributed by atoms with Crippen LogP contribution in [0.1, 0.15) is 36.8 Å². The van der Waals surface area contributed by atoms with Gasteiger partial charge in [0, 0.05) is 62.7 Å². The number of nitrogens with one attached hydrogen (secondary N) is 1. The highest BCUT2D eigenvalue weighted by atomic mass is 31.2. The number of rotatable bonds is 7. The number of hydrogen-bond donors (Lipinski definition) is 1. The maximum atomic E-state index is 14.5. The lowest BCUT2D eigenvalue weighted by Gasteiger charge is -2.22. The van der Waals surface area contributed by atoms with Crippen LogP contribution >= 0.6 is 7.82 Å². The van der Waals surface area contributed by atoms with Gasteiger partial charge in [-0.3, -0.25) is 18.3 Å². The number of halogens is 1. The van der Waals surface area contributed by atoms with Crippen molar-refractivity contribution < 1.29 is 27.3 Å². The van der Waals surface area contributed by atoms with E-state index in [2.05, 4.69) is 25.6 Å². The molecule has 0 saturated heterocycles. The van der Waals surface area contributed by atoms with E-state index in [1.807, 2.05) is 30.8 Å². The largest absolute Gasteiger partial charge is 0.482 e. The maximum Gasteiger partial charge on any atom is 0.475 e. The fraction of sp³-hybridized carbons (Fsp3) is 0.360. The predicted molar refractivity (Wildman–Crippen MR) is 141 cm³/mol. The average molecular weight is 558 g/mol. The van der Waals surface area contributed by atoms with E-state index in [0.717, 1.165) is 22.5 Å². The molecule has 39 heavy (non-hydrogen) atoms. The lowest BCUT2D eigenvalue weighted by molar-refractivity contribution is 0.160. The van der Waals surface area contributed by atoms with Crippen LogP contribution in [0.5, 0.6) is 5.75 Å². The van der Waals surface area contributed by atoms with Crippen LogP contribution in [-0.4, -0.2) is 50.7 Å². The summed E-state index contributed by atoms with van der Waals surface area (Å²) in [5, 5.41) is 16.8. The van der Waals surface area contributed by atoms with E-state index in [-0.39, 0.29) is 6.73 Å². The molecule has 2 bridgehead atoms. The lowest BCUT2D eigenvalue weighted by atomic mass is 9.96. The number of phosphoric ester groups is 1. The Morgan fingerprint density at radius 3 is 2.74 bits per heavy atom. The monoisotopic (exact) mass is 557 g/mol. The molecule has 0 aliphatic carbocycles. The van der Waals surface area contributed by atoms with Crippen LogP contribution in [0, 0.1) is 5.82 Å². The quantitative estimate of drug-likeness (QED) is 0.252. The summed E-state index contributed by atoms with van der Waals surface area (Å²) in [6.45, 7) is 4.22. The fourth-order valence-electron chi connectivity index (χ4n) is 4.58. The van der Waals surface area contributed by atoms with Gasteiger partial charge in [0.1, 0.15) is 24.3 Å². The zero-order valence-electron chi connectivity index (χ0n) is 22.2. The molecule has 5 rings (SSSR count). The zero-order chi connectivity index (χ0) is 27.7. The Morgan fingerprint density at radius 1 is 1.21 bits per heavy atom. The average Bonchev–Trinajstić information content (AvgIpc) is 3.51. The van der Waals surface area contributed by atoms with Gasteiger partial charge in [-0.15, -0.1) is 0 Å². The number of benzene rings is 1. The molecule has 1 unspecified atom stereocenters. The third-order valence-corrected chi connectivity index (χ3v) is 7.74. The summed E-state index contributed by atoms with van der Waals surface area (Å²) in [5.74, 6) is 0.295. The van der Waals surface area contributed by atoms with Gasteiger partial charge in [-0.05, 0) is 38.1 Å². The Balaban J connectivity index is 1.64. The van der Waals surface area contributed by atoms with Crippen LogP contribution in [0.4, 0.5) is 10.2 Å². The minimum atomic E-state index is -3.71. The van der Waals surface area contributed by atoms with Crippen LogP contribution in [0.2, 0.25) is 0 Å². The highest BCUT2D eigenvalue weighted by Gasteiger charge is 2.26. The number of aryl methyl sites for hydroxylation is 2. The van der Waals surface area contributed by atoms with Gasteiger partial charge in [0.15, 0.2) is 11.6 Å². The molecule has 206 valence electrons. The molecule has 0 saturated carbocycles. The Morgan fingerprint density at radius 2 is 2.00 bits per heavy atom. The van der Waals surface area contributed by atoms with Crippen molar-refractivity contribution in [1.82, 2.24) is 29.8 Å². The summed E-state index contributed by atoms with van der Waals surface area (Å²) in [5.41, 5.74) is 5.24. The van der Waals surface area contributed by atoms with E-state index < -0.39 is 19.7 Å². The molecule has 0 fully saturated rings. The minimum absolute atomic E-state index is 0.234. The first-order valence-electron chi connectivity index (χ1n) is 12.3. The van der Waals surface area contributed by atoms with Crippen LogP contribution in [0.15, 0.2) is 36.7 Å². The van der Waals surface area contributed by atoms with Gasteiger partial charge < -0.3 is 10.1 Å². The van der Waals surface area contributed by atoms with E-state index in [0.29, 0.717) is 41.4 Å². The Bertz CT molecular complexity index is 1550. The predicted octanol–water partition coefficient (Wildman–Crippen LogP) is 4.73. The summed E-state index contributed by atoms with van der Waals surface area (Å²) < 4.78 is 50.0. The number of pyridine rings is 1. The standard InChI is InChI=1S/C25H29FN7O5P/c1-6-33-24-16(13-29-33)9-21-23(31-32(3)30-21)19-8-7-18(26)11-20(19)15(2)38-22-10-17(24)12-27-25(22)28-14-37-39(34,35-4)36-5/h7-8,10-13,15H,6,9,14H2,1-5H3,(H,27,28). The molecule has 1 atom stereocenters. The lowest BCUT2D eigenvalue weighted by Crippen LogP contribution is -2.12. The summed E-state index contributed by atoms with van der Waals surface area (Å²) in [6, 6.07) is 6.36. The van der Waals surface area contributed by atoms with Gasteiger partial charge in [0.2, 0.25) is 0 Å². The minimum Gasteiger partial charge on any atom is -0.482 e. The summed E-state index contributed by atoms with van der Waals surface area (Å²) in [7, 11) is 0.496. The van der Waals surface area contributed by atoms with Crippen molar-refractivity contribution in [1.29, 1.82) is 0 Å². The molecule has 1 aliphatic rings. The van der Waals surface area contributed by atoms with Crippen molar-refractivity contribution in [3.8, 4) is 28.3 Å². The first-order chi connectivity index (χ1) is 18.7. The van der Waals surface area contributed by atoms with E-state index in [9.17, 15) is 8.96 Å². The summed E-state index contributed by atoms with van der Waals surface area (Å²) >= 11 is 0. The van der Waals surface area contributed by atoms with Crippen molar-refractivity contribution in [3.05, 3.63) is 59.3 Å². The highest BCUT2D eigenvalue weighted by molar-refractivity contribution is 7.48. The van der Waals surface area contributed by atoms with Crippen molar-refractivity contribution >= 4 is 13.6 Å². The molecule has 0 spiro atoms. The molecule has 4 heterocycles. The van der Waals surface area contributed by atoms with Crippen LogP contribution in [0.3, 0.4) is 0 Å². The molecule has 3 aromatic heterocycles. The Hall–Kier alpha value is -3.64. The van der Waals surface area contributed by atoms with Crippen LogP contribution < -0.4 is 10.1 Å². The third-order valence-electron chi connectivity index (χ3n) is 6.40. The molecule has 1 aliphatic heterocycles. The molecule has 12 nitrogen and oxygen atoms in total. The number of hydrogen-bond acceptors (Lipinski definition) is 10. The molecule has 0 amide bonds. The van der Waals surface area contributed by atoms with Crippen LogP contribution in [0.25, 0.3) is 22.5 Å². The summed E-state index contributed by atoms with van der Waals surface area (Å²) in [4.78, 5) is 6.08. The normalized spacial score (nSPS) is 14.9. The number of anilines is 1. The molecular weight excluding hydrogens is 528 g/mol. The van der Waals surface area contributed by atoms with Crippen molar-refractivity contribution in [2.24, 2.45) is 7.05 Å². The Labute approximate surface area is 224 Å². The number of nitrogens with zero attached hydrogens (tertiary/aromatic N) is 6. The number of ether oxygens (including phenoxy) is 1. The number of aromatic nitrogens is 6. The van der Waals surface area contributed by atoms with Crippen molar-refractivity contribution in [2.45, 2.75) is 32.9 Å². The highest BCUT2D eigenvalue weighted by Crippen LogP contribution is 2.47. The van der Waals surface area contributed by atoms with Gasteiger partial charge in [-0.1, -0.05) is 0 Å². The third kappa shape index (κ3) is 5.30. The van der Waals surface area contributed by atoms with Crippen molar-refractivity contribution in [3.63, 3.8) is 0 Å². The van der Waals surface area contributed by atoms with Gasteiger partial charge in [0.05, 0.1) is 17.6 Å². The molecule has 0 radical (unpaired) electrons. The summed E-state index contributed by atoms with van der Waals surface area (Å²) in [6.07, 6.45) is 3.35. The number of phosphoric acid groups is 1. The van der Waals surface area contributed by atoms with Gasteiger partial charge in [-0.25, -0.2) is 13.9 Å². The molecular formula is C25H29FN7O5P. The molecule has 1 N–H and O–H groups in total. The zero-order valence-corrected chi connectivity index (χ0v) is 23.1. The molecule has 1 aromatic carbocycles. The van der Waals surface area contributed by atoms with Gasteiger partial charge in [-0.2, -0.15) is 20.1 Å². The molecule has 14 heteroatoms. The Kier molecular flexibility index (Phi) is 7.50. The SMILES string of the molecule is CCn1ncc2c1-c1cnc(NCOP(=O)(OC)OC)c(c1)OC(C)c1cc(F)ccc1-c1nn(C)nc1C2. The first kappa shape index (κ1) is 26.9. The van der Waals surface area contributed by atoms with E-state index in [1.54, 1.807) is 19.3 Å².